The zero-order chi connectivity index (χ0) is 13.0. The molecule has 0 aliphatic heterocycles. The zero-order valence-electron chi connectivity index (χ0n) is 9.56. The molecule has 2 rings (SSSR count). The molecule has 0 radical (unpaired) electrons. The zero-order valence-corrected chi connectivity index (χ0v) is 10.3. The number of nitrogen functional groups attached to an aromatic ring is 1. The number of halogens is 1. The molecular formula is C14H11ClN2O. The van der Waals surface area contributed by atoms with Crippen LogP contribution in [0.4, 0.5) is 5.69 Å². The van der Waals surface area contributed by atoms with Gasteiger partial charge in [0, 0.05) is 10.6 Å². The van der Waals surface area contributed by atoms with Crippen molar-refractivity contribution >= 4 is 17.3 Å². The SMILES string of the molecule is N#Cc1cccc(OCc2ccccc2Cl)c1N. The molecule has 0 fully saturated rings. The fourth-order valence-electron chi connectivity index (χ4n) is 1.54. The molecule has 2 N–H and O–H groups in total. The Morgan fingerprint density at radius 3 is 2.67 bits per heavy atom. The third-order valence-corrected chi connectivity index (χ3v) is 2.90. The van der Waals surface area contributed by atoms with Crippen LogP contribution >= 0.6 is 11.6 Å². The molecule has 3 nitrogen and oxygen atoms in total. The van der Waals surface area contributed by atoms with E-state index in [1.54, 1.807) is 24.3 Å². The molecule has 2 aromatic carbocycles. The average Bonchev–Trinajstić information content (AvgIpc) is 2.39. The lowest BCUT2D eigenvalue weighted by Gasteiger charge is -2.10. The summed E-state index contributed by atoms with van der Waals surface area (Å²) >= 11 is 6.03. The topological polar surface area (TPSA) is 59.0 Å². The fraction of sp³-hybridized carbons (Fsp3) is 0.0714. The van der Waals surface area contributed by atoms with E-state index in [1.165, 1.54) is 0 Å². The summed E-state index contributed by atoms with van der Waals surface area (Å²) in [4.78, 5) is 0. The van der Waals surface area contributed by atoms with Crippen molar-refractivity contribution in [2.75, 3.05) is 5.73 Å². The third kappa shape index (κ3) is 2.55. The predicted molar refractivity (Wildman–Crippen MR) is 71.4 cm³/mol. The Morgan fingerprint density at radius 1 is 1.17 bits per heavy atom. The van der Waals surface area contributed by atoms with Gasteiger partial charge in [0.15, 0.2) is 0 Å². The molecule has 0 unspecified atom stereocenters. The number of benzene rings is 2. The monoisotopic (exact) mass is 258 g/mol. The van der Waals surface area contributed by atoms with Crippen molar-refractivity contribution in [1.29, 1.82) is 5.26 Å². The maximum Gasteiger partial charge on any atom is 0.144 e. The van der Waals surface area contributed by atoms with Gasteiger partial charge >= 0.3 is 0 Å². The number of hydrogen-bond donors (Lipinski definition) is 1. The smallest absolute Gasteiger partial charge is 0.144 e. The van der Waals surface area contributed by atoms with E-state index in [0.29, 0.717) is 28.6 Å². The summed E-state index contributed by atoms with van der Waals surface area (Å²) in [5, 5.41) is 9.51. The maximum atomic E-state index is 8.87. The number of anilines is 1. The number of nitriles is 1. The van der Waals surface area contributed by atoms with E-state index in [-0.39, 0.29) is 0 Å². The quantitative estimate of drug-likeness (QED) is 0.859. The van der Waals surface area contributed by atoms with Gasteiger partial charge in [0.1, 0.15) is 18.4 Å². The number of hydrogen-bond acceptors (Lipinski definition) is 3. The second-order valence-corrected chi connectivity index (χ2v) is 4.12. The molecule has 0 aliphatic rings. The highest BCUT2D eigenvalue weighted by atomic mass is 35.5. The highest BCUT2D eigenvalue weighted by molar-refractivity contribution is 6.31. The molecule has 0 aromatic heterocycles. The van der Waals surface area contributed by atoms with Crippen LogP contribution in [0.5, 0.6) is 5.75 Å². The van der Waals surface area contributed by atoms with Crippen LogP contribution in [0.2, 0.25) is 5.02 Å². The Bertz CT molecular complexity index is 605. The minimum absolute atomic E-state index is 0.318. The molecule has 0 bridgehead atoms. The Balaban J connectivity index is 2.17. The van der Waals surface area contributed by atoms with Crippen LogP contribution in [0.25, 0.3) is 0 Å². The van der Waals surface area contributed by atoms with Crippen LogP contribution in [-0.4, -0.2) is 0 Å². The summed E-state index contributed by atoms with van der Waals surface area (Å²) in [6, 6.07) is 14.6. The number of nitrogens with zero attached hydrogens (tertiary/aromatic N) is 1. The molecular weight excluding hydrogens is 248 g/mol. The normalized spacial score (nSPS) is 9.78. The first-order chi connectivity index (χ1) is 8.72. The first-order valence-electron chi connectivity index (χ1n) is 5.37. The van der Waals surface area contributed by atoms with Crippen molar-refractivity contribution in [3.05, 3.63) is 58.6 Å². The highest BCUT2D eigenvalue weighted by Crippen LogP contribution is 2.26. The molecule has 0 amide bonds. The maximum absolute atomic E-state index is 8.87. The van der Waals surface area contributed by atoms with Gasteiger partial charge in [-0.3, -0.25) is 0 Å². The summed E-state index contributed by atoms with van der Waals surface area (Å²) in [5.41, 5.74) is 7.45. The van der Waals surface area contributed by atoms with Crippen molar-refractivity contribution in [3.63, 3.8) is 0 Å². The van der Waals surface area contributed by atoms with Crippen molar-refractivity contribution in [1.82, 2.24) is 0 Å². The Hall–Kier alpha value is -2.18. The lowest BCUT2D eigenvalue weighted by atomic mass is 10.2. The van der Waals surface area contributed by atoms with E-state index in [4.69, 9.17) is 27.3 Å². The number of ether oxygens (including phenoxy) is 1. The van der Waals surface area contributed by atoms with Gasteiger partial charge in [0.05, 0.1) is 11.3 Å². The largest absolute Gasteiger partial charge is 0.487 e. The molecule has 2 aromatic rings. The van der Waals surface area contributed by atoms with Crippen molar-refractivity contribution < 1.29 is 4.74 Å². The van der Waals surface area contributed by atoms with Gasteiger partial charge in [-0.05, 0) is 18.2 Å². The van der Waals surface area contributed by atoms with Crippen LogP contribution in [0.3, 0.4) is 0 Å². The third-order valence-electron chi connectivity index (χ3n) is 2.53. The van der Waals surface area contributed by atoms with Gasteiger partial charge in [-0.1, -0.05) is 35.9 Å². The van der Waals surface area contributed by atoms with Crippen molar-refractivity contribution in [3.8, 4) is 11.8 Å². The number of nitrogens with two attached hydrogens (primary N) is 1. The lowest BCUT2D eigenvalue weighted by molar-refractivity contribution is 0.308. The van der Waals surface area contributed by atoms with E-state index < -0.39 is 0 Å². The minimum Gasteiger partial charge on any atom is -0.487 e. The molecule has 0 heterocycles. The molecule has 18 heavy (non-hydrogen) atoms. The van der Waals surface area contributed by atoms with Crippen LogP contribution in [0, 0.1) is 11.3 Å². The summed E-state index contributed by atoms with van der Waals surface area (Å²) in [5.74, 6) is 0.494. The van der Waals surface area contributed by atoms with Crippen LogP contribution in [0.15, 0.2) is 42.5 Å². The molecule has 4 heteroatoms. The lowest BCUT2D eigenvalue weighted by Crippen LogP contribution is -2.00. The minimum atomic E-state index is 0.318. The van der Waals surface area contributed by atoms with Gasteiger partial charge in [-0.2, -0.15) is 5.26 Å². The highest BCUT2D eigenvalue weighted by Gasteiger charge is 2.06. The molecule has 0 aliphatic carbocycles. The summed E-state index contributed by atoms with van der Waals surface area (Å²) in [7, 11) is 0. The standard InChI is InChI=1S/C14H11ClN2O/c15-12-6-2-1-4-11(12)9-18-13-7-3-5-10(8-16)14(13)17/h1-7H,9,17H2. The Morgan fingerprint density at radius 2 is 1.94 bits per heavy atom. The fourth-order valence-corrected chi connectivity index (χ4v) is 1.73. The van der Waals surface area contributed by atoms with Crippen LogP contribution in [0.1, 0.15) is 11.1 Å². The Labute approximate surface area is 110 Å². The molecule has 90 valence electrons. The van der Waals surface area contributed by atoms with E-state index in [2.05, 4.69) is 0 Å². The van der Waals surface area contributed by atoms with E-state index in [1.807, 2.05) is 24.3 Å². The van der Waals surface area contributed by atoms with Gasteiger partial charge in [0.25, 0.3) is 0 Å². The predicted octanol–water partition coefficient (Wildman–Crippen LogP) is 3.37. The van der Waals surface area contributed by atoms with E-state index >= 15 is 0 Å². The van der Waals surface area contributed by atoms with Crippen LogP contribution < -0.4 is 10.5 Å². The second kappa shape index (κ2) is 5.44. The molecule has 0 atom stereocenters. The first-order valence-corrected chi connectivity index (χ1v) is 5.75. The number of rotatable bonds is 3. The van der Waals surface area contributed by atoms with Crippen molar-refractivity contribution in [2.24, 2.45) is 0 Å². The molecule has 0 spiro atoms. The van der Waals surface area contributed by atoms with E-state index in [0.717, 1.165) is 5.56 Å². The molecule has 0 saturated carbocycles. The number of para-hydroxylation sites is 1. The molecule has 0 saturated heterocycles. The van der Waals surface area contributed by atoms with Crippen molar-refractivity contribution in [2.45, 2.75) is 6.61 Å². The van der Waals surface area contributed by atoms with Gasteiger partial charge in [-0.15, -0.1) is 0 Å². The summed E-state index contributed by atoms with van der Waals surface area (Å²) < 4.78 is 5.59. The second-order valence-electron chi connectivity index (χ2n) is 3.71. The summed E-state index contributed by atoms with van der Waals surface area (Å²) in [6.07, 6.45) is 0. The van der Waals surface area contributed by atoms with Gasteiger partial charge in [-0.25, -0.2) is 0 Å². The van der Waals surface area contributed by atoms with Gasteiger partial charge < -0.3 is 10.5 Å². The average molecular weight is 259 g/mol. The van der Waals surface area contributed by atoms with Crippen LogP contribution in [-0.2, 0) is 6.61 Å². The first kappa shape index (κ1) is 12.3. The Kier molecular flexibility index (Phi) is 3.71. The van der Waals surface area contributed by atoms with Gasteiger partial charge in [0.2, 0.25) is 0 Å². The summed E-state index contributed by atoms with van der Waals surface area (Å²) in [6.45, 7) is 0.318. The van der Waals surface area contributed by atoms with E-state index in [9.17, 15) is 0 Å².